The molecule has 3 nitrogen and oxygen atoms in total. The van der Waals surface area contributed by atoms with E-state index >= 15 is 0 Å². The zero-order valence-corrected chi connectivity index (χ0v) is 9.77. The van der Waals surface area contributed by atoms with Crippen LogP contribution in [0.1, 0.15) is 33.1 Å². The van der Waals surface area contributed by atoms with Crippen molar-refractivity contribution >= 4 is 17.5 Å². The van der Waals surface area contributed by atoms with Gasteiger partial charge in [0.15, 0.2) is 0 Å². The third-order valence-electron chi connectivity index (χ3n) is 1.77. The quantitative estimate of drug-likeness (QED) is 0.503. The van der Waals surface area contributed by atoms with Crippen LogP contribution in [0.25, 0.3) is 0 Å². The third kappa shape index (κ3) is 8.32. The number of ether oxygens (including phenoxy) is 1. The Morgan fingerprint density at radius 1 is 1.50 bits per heavy atom. The van der Waals surface area contributed by atoms with E-state index in [0.29, 0.717) is 25.5 Å². The van der Waals surface area contributed by atoms with Crippen LogP contribution in [0.5, 0.6) is 0 Å². The van der Waals surface area contributed by atoms with E-state index in [1.165, 1.54) is 0 Å². The minimum atomic E-state index is 0.0855. The van der Waals surface area contributed by atoms with Crippen molar-refractivity contribution in [2.75, 3.05) is 19.1 Å². The van der Waals surface area contributed by atoms with Crippen LogP contribution < -0.4 is 5.32 Å². The first kappa shape index (κ1) is 13.7. The Hall–Kier alpha value is -0.280. The molecule has 0 radical (unpaired) electrons. The summed E-state index contributed by atoms with van der Waals surface area (Å²) in [6, 6.07) is 0.0958. The summed E-state index contributed by atoms with van der Waals surface area (Å²) in [5, 5.41) is 2.87. The van der Waals surface area contributed by atoms with Crippen LogP contribution in [-0.2, 0) is 9.53 Å². The molecule has 84 valence electrons. The van der Waals surface area contributed by atoms with Crippen molar-refractivity contribution < 1.29 is 9.53 Å². The van der Waals surface area contributed by atoms with Gasteiger partial charge in [-0.15, -0.1) is 11.6 Å². The van der Waals surface area contributed by atoms with E-state index in [4.69, 9.17) is 16.3 Å². The van der Waals surface area contributed by atoms with E-state index < -0.39 is 0 Å². The van der Waals surface area contributed by atoms with Crippen molar-refractivity contribution in [3.8, 4) is 0 Å². The summed E-state index contributed by atoms with van der Waals surface area (Å²) in [4.78, 5) is 11.3. The van der Waals surface area contributed by atoms with Gasteiger partial charge in [-0.25, -0.2) is 0 Å². The maximum Gasteiger partial charge on any atom is 0.220 e. The normalized spacial score (nSPS) is 12.5. The van der Waals surface area contributed by atoms with Crippen molar-refractivity contribution in [2.24, 2.45) is 0 Å². The van der Waals surface area contributed by atoms with Gasteiger partial charge in [0.1, 0.15) is 0 Å². The number of carbonyl (C=O) groups is 1. The van der Waals surface area contributed by atoms with Gasteiger partial charge >= 0.3 is 0 Å². The molecule has 0 saturated carbocycles. The van der Waals surface area contributed by atoms with Gasteiger partial charge in [-0.05, 0) is 26.7 Å². The highest BCUT2D eigenvalue weighted by Gasteiger charge is 2.06. The summed E-state index contributed by atoms with van der Waals surface area (Å²) in [6.45, 7) is 5.15. The lowest BCUT2D eigenvalue weighted by atomic mass is 10.2. The molecule has 0 bridgehead atoms. The molecule has 1 N–H and O–H groups in total. The monoisotopic (exact) mass is 221 g/mol. The largest absolute Gasteiger partial charge is 0.380 e. The molecule has 0 aromatic rings. The summed E-state index contributed by atoms with van der Waals surface area (Å²) < 4.78 is 5.19. The summed E-state index contributed by atoms with van der Waals surface area (Å²) in [5.74, 6) is 0.712. The van der Waals surface area contributed by atoms with Crippen LogP contribution in [0.2, 0.25) is 0 Å². The first-order valence-electron chi connectivity index (χ1n) is 5.13. The molecule has 0 aromatic carbocycles. The first-order chi connectivity index (χ1) is 6.70. The smallest absolute Gasteiger partial charge is 0.220 e. The van der Waals surface area contributed by atoms with Crippen LogP contribution in [0.15, 0.2) is 0 Å². The topological polar surface area (TPSA) is 38.3 Å². The van der Waals surface area contributed by atoms with Crippen molar-refractivity contribution in [1.82, 2.24) is 5.32 Å². The summed E-state index contributed by atoms with van der Waals surface area (Å²) in [7, 11) is 0. The predicted molar refractivity (Wildman–Crippen MR) is 58.7 cm³/mol. The number of halogens is 1. The van der Waals surface area contributed by atoms with E-state index in [0.717, 1.165) is 12.8 Å². The van der Waals surface area contributed by atoms with Crippen molar-refractivity contribution in [3.63, 3.8) is 0 Å². The molecule has 0 aliphatic rings. The number of hydrogen-bond donors (Lipinski definition) is 1. The molecule has 0 spiro atoms. The standard InChI is InChI=1S/C10H20ClNO2/c1-3-14-8-9(2)12-10(13)6-4-5-7-11/h9H,3-8H2,1-2H3,(H,12,13). The highest BCUT2D eigenvalue weighted by molar-refractivity contribution is 6.17. The van der Waals surface area contributed by atoms with Gasteiger partial charge in [0, 0.05) is 24.9 Å². The Labute approximate surface area is 91.2 Å². The second-order valence-corrected chi connectivity index (χ2v) is 3.65. The van der Waals surface area contributed by atoms with Crippen molar-refractivity contribution in [3.05, 3.63) is 0 Å². The molecule has 4 heteroatoms. The van der Waals surface area contributed by atoms with E-state index in [1.807, 2.05) is 13.8 Å². The lowest BCUT2D eigenvalue weighted by Gasteiger charge is -2.13. The molecule has 0 aliphatic heterocycles. The Bertz CT molecular complexity index is 153. The molecule has 1 unspecified atom stereocenters. The molecule has 0 aromatic heterocycles. The lowest BCUT2D eigenvalue weighted by Crippen LogP contribution is -2.35. The second-order valence-electron chi connectivity index (χ2n) is 3.27. The second kappa shape index (κ2) is 9.28. The van der Waals surface area contributed by atoms with Crippen LogP contribution in [0, 0.1) is 0 Å². The fourth-order valence-electron chi connectivity index (χ4n) is 1.06. The predicted octanol–water partition coefficient (Wildman–Crippen LogP) is 1.94. The zero-order chi connectivity index (χ0) is 10.8. The zero-order valence-electron chi connectivity index (χ0n) is 9.01. The molecular weight excluding hydrogens is 202 g/mol. The highest BCUT2D eigenvalue weighted by atomic mass is 35.5. The number of unbranched alkanes of at least 4 members (excludes halogenated alkanes) is 1. The van der Waals surface area contributed by atoms with Crippen LogP contribution in [0.4, 0.5) is 0 Å². The maximum atomic E-state index is 11.3. The number of rotatable bonds is 8. The Morgan fingerprint density at radius 2 is 2.21 bits per heavy atom. The van der Waals surface area contributed by atoms with E-state index in [9.17, 15) is 4.79 Å². The SMILES string of the molecule is CCOCC(C)NC(=O)CCCCCl. The Kier molecular flexibility index (Phi) is 9.10. The van der Waals surface area contributed by atoms with E-state index in [-0.39, 0.29) is 11.9 Å². The van der Waals surface area contributed by atoms with Crippen molar-refractivity contribution in [1.29, 1.82) is 0 Å². The number of hydrogen-bond acceptors (Lipinski definition) is 2. The molecule has 0 heterocycles. The summed E-state index contributed by atoms with van der Waals surface area (Å²) in [6.07, 6.45) is 2.31. The lowest BCUT2D eigenvalue weighted by molar-refractivity contribution is -0.122. The van der Waals surface area contributed by atoms with Crippen molar-refractivity contribution in [2.45, 2.75) is 39.2 Å². The summed E-state index contributed by atoms with van der Waals surface area (Å²) in [5.41, 5.74) is 0. The average Bonchev–Trinajstić information content (AvgIpc) is 2.15. The first-order valence-corrected chi connectivity index (χ1v) is 5.67. The Balaban J connectivity index is 3.40. The van der Waals surface area contributed by atoms with Crippen LogP contribution in [-0.4, -0.2) is 31.0 Å². The van der Waals surface area contributed by atoms with E-state index in [1.54, 1.807) is 0 Å². The Morgan fingerprint density at radius 3 is 2.79 bits per heavy atom. The van der Waals surface area contributed by atoms with Gasteiger partial charge in [0.2, 0.25) is 5.91 Å². The van der Waals surface area contributed by atoms with Gasteiger partial charge in [-0.3, -0.25) is 4.79 Å². The molecule has 0 rings (SSSR count). The van der Waals surface area contributed by atoms with Gasteiger partial charge in [0.25, 0.3) is 0 Å². The average molecular weight is 222 g/mol. The number of carbonyl (C=O) groups excluding carboxylic acids is 1. The van der Waals surface area contributed by atoms with Gasteiger partial charge < -0.3 is 10.1 Å². The van der Waals surface area contributed by atoms with E-state index in [2.05, 4.69) is 5.32 Å². The number of nitrogens with one attached hydrogen (secondary N) is 1. The minimum absolute atomic E-state index is 0.0855. The molecule has 14 heavy (non-hydrogen) atoms. The maximum absolute atomic E-state index is 11.3. The number of alkyl halides is 1. The fraction of sp³-hybridized carbons (Fsp3) is 0.900. The minimum Gasteiger partial charge on any atom is -0.380 e. The molecular formula is C10H20ClNO2. The fourth-order valence-corrected chi connectivity index (χ4v) is 1.25. The molecule has 1 atom stereocenters. The molecule has 1 amide bonds. The summed E-state index contributed by atoms with van der Waals surface area (Å²) >= 11 is 5.51. The number of amides is 1. The third-order valence-corrected chi connectivity index (χ3v) is 2.03. The van der Waals surface area contributed by atoms with Crippen LogP contribution >= 0.6 is 11.6 Å². The molecule has 0 fully saturated rings. The molecule has 0 saturated heterocycles. The highest BCUT2D eigenvalue weighted by Crippen LogP contribution is 1.97. The molecule has 0 aliphatic carbocycles. The van der Waals surface area contributed by atoms with Gasteiger partial charge in [0.05, 0.1) is 6.61 Å². The van der Waals surface area contributed by atoms with Crippen LogP contribution in [0.3, 0.4) is 0 Å². The van der Waals surface area contributed by atoms with Gasteiger partial charge in [-0.2, -0.15) is 0 Å². The van der Waals surface area contributed by atoms with Gasteiger partial charge in [-0.1, -0.05) is 0 Å².